The molecule has 2 heterocycles. The van der Waals surface area contributed by atoms with E-state index in [9.17, 15) is 4.79 Å². The molecule has 0 radical (unpaired) electrons. The smallest absolute Gasteiger partial charge is 0.233 e. The van der Waals surface area contributed by atoms with Crippen molar-refractivity contribution in [2.75, 3.05) is 12.8 Å². The Labute approximate surface area is 153 Å². The van der Waals surface area contributed by atoms with Gasteiger partial charge in [0, 0.05) is 18.6 Å². The predicted octanol–water partition coefficient (Wildman–Crippen LogP) is 3.94. The summed E-state index contributed by atoms with van der Waals surface area (Å²) in [5.74, 6) is 1.05. The number of benzene rings is 1. The molecule has 3 aromatic rings. The Morgan fingerprint density at radius 3 is 2.83 bits per heavy atom. The van der Waals surface area contributed by atoms with Crippen LogP contribution in [0.25, 0.3) is 10.7 Å². The average Bonchev–Trinajstić information content (AvgIpc) is 3.25. The Morgan fingerprint density at radius 2 is 2.12 bits per heavy atom. The van der Waals surface area contributed by atoms with Crippen molar-refractivity contribution in [2.45, 2.75) is 11.7 Å². The van der Waals surface area contributed by atoms with Gasteiger partial charge in [0.2, 0.25) is 11.1 Å². The highest BCUT2D eigenvalue weighted by Crippen LogP contribution is 2.23. The quantitative estimate of drug-likeness (QED) is 0.660. The fraction of sp³-hybridized carbons (Fsp3) is 0.188. The number of carbonyl (C=O) groups excluding carboxylic acids is 1. The highest BCUT2D eigenvalue weighted by atomic mass is 35.5. The normalized spacial score (nSPS) is 10.8. The fourth-order valence-corrected chi connectivity index (χ4v) is 3.55. The van der Waals surface area contributed by atoms with E-state index in [1.807, 2.05) is 41.8 Å². The van der Waals surface area contributed by atoms with Crippen molar-refractivity contribution in [3.05, 3.63) is 52.4 Å². The second-order valence-corrected chi connectivity index (χ2v) is 7.44. The molecule has 3 rings (SSSR count). The third kappa shape index (κ3) is 4.37. The maximum absolute atomic E-state index is 12.2. The minimum Gasteiger partial charge on any atom is -0.341 e. The first-order valence-electron chi connectivity index (χ1n) is 7.19. The van der Waals surface area contributed by atoms with Crippen molar-refractivity contribution in [2.24, 2.45) is 0 Å². The van der Waals surface area contributed by atoms with Crippen LogP contribution in [0.1, 0.15) is 5.56 Å². The number of hydrogen-bond donors (Lipinski definition) is 1. The van der Waals surface area contributed by atoms with Crippen LogP contribution < -0.4 is 0 Å². The summed E-state index contributed by atoms with van der Waals surface area (Å²) in [6, 6.07) is 11.4. The van der Waals surface area contributed by atoms with Crippen molar-refractivity contribution in [3.63, 3.8) is 0 Å². The minimum absolute atomic E-state index is 0.0254. The number of halogens is 1. The molecule has 2 aromatic heterocycles. The second-order valence-electron chi connectivity index (χ2n) is 5.11. The van der Waals surface area contributed by atoms with Crippen molar-refractivity contribution in [1.29, 1.82) is 0 Å². The van der Waals surface area contributed by atoms with E-state index in [1.165, 1.54) is 11.8 Å². The number of thiophene rings is 1. The van der Waals surface area contributed by atoms with Gasteiger partial charge in [0.05, 0.1) is 10.6 Å². The summed E-state index contributed by atoms with van der Waals surface area (Å²) >= 11 is 8.79. The van der Waals surface area contributed by atoms with Crippen LogP contribution in [0.2, 0.25) is 5.02 Å². The number of amides is 1. The van der Waals surface area contributed by atoms with Crippen LogP contribution in [0.5, 0.6) is 0 Å². The topological polar surface area (TPSA) is 61.9 Å². The third-order valence-electron chi connectivity index (χ3n) is 3.30. The first kappa shape index (κ1) is 17.0. The lowest BCUT2D eigenvalue weighted by Gasteiger charge is -2.16. The summed E-state index contributed by atoms with van der Waals surface area (Å²) in [5, 5.41) is 10.3. The molecule has 0 bridgehead atoms. The zero-order valence-electron chi connectivity index (χ0n) is 12.9. The van der Waals surface area contributed by atoms with E-state index < -0.39 is 0 Å². The monoisotopic (exact) mass is 378 g/mol. The van der Waals surface area contributed by atoms with E-state index >= 15 is 0 Å². The molecule has 0 unspecified atom stereocenters. The fourth-order valence-electron chi connectivity index (χ4n) is 2.02. The molecular weight excluding hydrogens is 364 g/mol. The molecule has 1 aromatic carbocycles. The zero-order valence-corrected chi connectivity index (χ0v) is 15.3. The van der Waals surface area contributed by atoms with Gasteiger partial charge in [0.15, 0.2) is 5.82 Å². The Kier molecular flexibility index (Phi) is 5.55. The second kappa shape index (κ2) is 7.83. The van der Waals surface area contributed by atoms with Crippen molar-refractivity contribution in [3.8, 4) is 10.7 Å². The number of aromatic nitrogens is 3. The molecule has 0 aliphatic heterocycles. The average molecular weight is 379 g/mol. The van der Waals surface area contributed by atoms with Crippen molar-refractivity contribution >= 4 is 40.6 Å². The lowest BCUT2D eigenvalue weighted by Crippen LogP contribution is -2.27. The highest BCUT2D eigenvalue weighted by Gasteiger charge is 2.13. The molecule has 1 amide bonds. The van der Waals surface area contributed by atoms with Gasteiger partial charge in [0.25, 0.3) is 0 Å². The zero-order chi connectivity index (χ0) is 16.9. The number of H-pyrrole nitrogens is 1. The minimum atomic E-state index is 0.0254. The van der Waals surface area contributed by atoms with Gasteiger partial charge >= 0.3 is 0 Å². The van der Waals surface area contributed by atoms with Crippen molar-refractivity contribution in [1.82, 2.24) is 20.1 Å². The largest absolute Gasteiger partial charge is 0.341 e. The molecule has 8 heteroatoms. The van der Waals surface area contributed by atoms with Crippen LogP contribution in [0, 0.1) is 0 Å². The third-order valence-corrected chi connectivity index (χ3v) is 5.26. The van der Waals surface area contributed by atoms with Gasteiger partial charge in [-0.25, -0.2) is 4.98 Å². The van der Waals surface area contributed by atoms with Gasteiger partial charge in [-0.15, -0.1) is 16.4 Å². The van der Waals surface area contributed by atoms with Crippen LogP contribution in [-0.2, 0) is 11.3 Å². The van der Waals surface area contributed by atoms with Crippen LogP contribution in [0.4, 0.5) is 0 Å². The van der Waals surface area contributed by atoms with Gasteiger partial charge in [-0.2, -0.15) is 0 Å². The van der Waals surface area contributed by atoms with Gasteiger partial charge < -0.3 is 4.90 Å². The summed E-state index contributed by atoms with van der Waals surface area (Å²) in [4.78, 5) is 19.3. The Hall–Kier alpha value is -1.83. The lowest BCUT2D eigenvalue weighted by molar-refractivity contribution is -0.127. The summed E-state index contributed by atoms with van der Waals surface area (Å²) in [5.41, 5.74) is 1.04. The highest BCUT2D eigenvalue weighted by molar-refractivity contribution is 7.99. The van der Waals surface area contributed by atoms with E-state index in [2.05, 4.69) is 15.2 Å². The number of carbonyl (C=O) groups is 1. The molecule has 124 valence electrons. The number of nitrogens with zero attached hydrogens (tertiary/aromatic N) is 3. The van der Waals surface area contributed by atoms with Crippen LogP contribution in [0.3, 0.4) is 0 Å². The van der Waals surface area contributed by atoms with Crippen molar-refractivity contribution < 1.29 is 4.79 Å². The summed E-state index contributed by atoms with van der Waals surface area (Å²) in [6.45, 7) is 0.547. The molecule has 0 aliphatic carbocycles. The van der Waals surface area contributed by atoms with E-state index in [0.717, 1.165) is 16.3 Å². The molecular formula is C16H15ClN4OS2. The molecule has 5 nitrogen and oxygen atoms in total. The van der Waals surface area contributed by atoms with Gasteiger partial charge in [-0.1, -0.05) is 41.6 Å². The maximum atomic E-state index is 12.2. The maximum Gasteiger partial charge on any atom is 0.233 e. The van der Waals surface area contributed by atoms with E-state index in [-0.39, 0.29) is 5.91 Å². The lowest BCUT2D eigenvalue weighted by atomic mass is 10.2. The van der Waals surface area contributed by atoms with Gasteiger partial charge in [-0.05, 0) is 29.1 Å². The Bertz CT molecular complexity index is 802. The molecule has 24 heavy (non-hydrogen) atoms. The molecule has 0 saturated heterocycles. The number of rotatable bonds is 6. The molecule has 0 aliphatic rings. The number of nitrogens with one attached hydrogen (secondary N) is 1. The number of aromatic amines is 1. The summed E-state index contributed by atoms with van der Waals surface area (Å²) in [6.07, 6.45) is 0. The predicted molar refractivity (Wildman–Crippen MR) is 98.3 cm³/mol. The SMILES string of the molecule is CN(Cc1ccc(Cl)cc1)C(=O)CSc1n[nH]c(-c2cccs2)n1. The molecule has 0 spiro atoms. The van der Waals surface area contributed by atoms with Crippen LogP contribution >= 0.6 is 34.7 Å². The van der Waals surface area contributed by atoms with Gasteiger partial charge in [0.1, 0.15) is 0 Å². The van der Waals surface area contributed by atoms with Crippen LogP contribution in [0.15, 0.2) is 46.9 Å². The van der Waals surface area contributed by atoms with Gasteiger partial charge in [-0.3, -0.25) is 9.89 Å². The number of thioether (sulfide) groups is 1. The van der Waals surface area contributed by atoms with E-state index in [0.29, 0.717) is 22.5 Å². The Balaban J connectivity index is 1.52. The Morgan fingerprint density at radius 1 is 1.33 bits per heavy atom. The molecule has 0 atom stereocenters. The number of hydrogen-bond acceptors (Lipinski definition) is 5. The molecule has 1 N–H and O–H groups in total. The molecule has 0 fully saturated rings. The summed E-state index contributed by atoms with van der Waals surface area (Å²) < 4.78 is 0. The van der Waals surface area contributed by atoms with E-state index in [4.69, 9.17) is 11.6 Å². The molecule has 0 saturated carbocycles. The summed E-state index contributed by atoms with van der Waals surface area (Å²) in [7, 11) is 1.78. The van der Waals surface area contributed by atoms with Crippen LogP contribution in [-0.4, -0.2) is 38.8 Å². The first-order chi connectivity index (χ1) is 11.6. The first-order valence-corrected chi connectivity index (χ1v) is 9.43. The van der Waals surface area contributed by atoms with E-state index in [1.54, 1.807) is 23.3 Å². The standard InChI is InChI=1S/C16H15ClN4OS2/c1-21(9-11-4-6-12(17)7-5-11)14(22)10-24-16-18-15(19-20-16)13-3-2-8-23-13/h2-8H,9-10H2,1H3,(H,18,19,20).